The molecule has 0 radical (unpaired) electrons. The van der Waals surface area contributed by atoms with Gasteiger partial charge in [-0.2, -0.15) is 0 Å². The molecule has 0 atom stereocenters. The number of hydrogen-bond donors (Lipinski definition) is 0. The van der Waals surface area contributed by atoms with Crippen LogP contribution in [0.5, 0.6) is 0 Å². The fraction of sp³-hybridized carbons (Fsp3) is 0. The minimum absolute atomic E-state index is 0.915. The Labute approximate surface area is 194 Å². The van der Waals surface area contributed by atoms with E-state index in [2.05, 4.69) is 85.4 Å². The van der Waals surface area contributed by atoms with Crippen molar-refractivity contribution in [2.24, 2.45) is 0 Å². The number of nitrogens with zero attached hydrogens (tertiary/aromatic N) is 2. The van der Waals surface area contributed by atoms with E-state index in [0.29, 0.717) is 0 Å². The van der Waals surface area contributed by atoms with E-state index < -0.39 is 0 Å². The van der Waals surface area contributed by atoms with Crippen molar-refractivity contribution in [1.29, 1.82) is 0 Å². The van der Waals surface area contributed by atoms with Gasteiger partial charge in [0.05, 0.1) is 41.1 Å². The van der Waals surface area contributed by atoms with Gasteiger partial charge in [0.25, 0.3) is 0 Å². The van der Waals surface area contributed by atoms with E-state index >= 15 is 0 Å². The van der Waals surface area contributed by atoms with Gasteiger partial charge in [-0.15, -0.1) is 45.3 Å². The van der Waals surface area contributed by atoms with Crippen LogP contribution in [-0.2, 0) is 0 Å². The Hall–Kier alpha value is -1.16. The number of thiophene rings is 4. The van der Waals surface area contributed by atoms with Crippen molar-refractivity contribution >= 4 is 77.2 Å². The standard InChI is InChI=1S/C20H10Br2N2S4/c21-19-7-5-17(27-19)15-3-1-13(25-15)11-9-23-10-12(24-11)14-2-4-16(26-14)18-6-8-20(22)28-18/h1-10H. The largest absolute Gasteiger partial charge is 0.260 e. The van der Waals surface area contributed by atoms with E-state index in [9.17, 15) is 0 Å². The molecule has 0 unspecified atom stereocenters. The number of aromatic nitrogens is 2. The molecule has 0 aromatic carbocycles. The average molecular weight is 566 g/mol. The smallest absolute Gasteiger partial charge is 0.0992 e. The molecule has 0 amide bonds. The predicted octanol–water partition coefficient (Wildman–Crippen LogP) is 8.92. The lowest BCUT2D eigenvalue weighted by Gasteiger charge is -2.00. The van der Waals surface area contributed by atoms with Crippen molar-refractivity contribution in [3.8, 4) is 40.7 Å². The van der Waals surface area contributed by atoms with E-state index in [1.807, 2.05) is 12.4 Å². The SMILES string of the molecule is Brc1ccc(-c2ccc(-c3cncc(-c4ccc(-c5ccc(Br)s5)s4)n3)s2)s1. The first-order chi connectivity index (χ1) is 13.7. The third-order valence-corrected chi connectivity index (χ3v) is 9.84. The van der Waals surface area contributed by atoms with Gasteiger partial charge in [-0.3, -0.25) is 4.98 Å². The molecule has 0 N–H and O–H groups in total. The van der Waals surface area contributed by atoms with E-state index in [4.69, 9.17) is 4.98 Å². The maximum atomic E-state index is 4.88. The summed E-state index contributed by atoms with van der Waals surface area (Å²) in [4.78, 5) is 16.6. The summed E-state index contributed by atoms with van der Waals surface area (Å²) in [6.07, 6.45) is 3.68. The molecule has 0 fully saturated rings. The molecule has 5 aromatic heterocycles. The summed E-state index contributed by atoms with van der Waals surface area (Å²) in [7, 11) is 0. The van der Waals surface area contributed by atoms with Gasteiger partial charge in [0, 0.05) is 19.5 Å². The van der Waals surface area contributed by atoms with Crippen LogP contribution in [0.25, 0.3) is 40.7 Å². The van der Waals surface area contributed by atoms with Crippen LogP contribution in [0, 0.1) is 0 Å². The molecular weight excluding hydrogens is 556 g/mol. The topological polar surface area (TPSA) is 25.8 Å². The van der Waals surface area contributed by atoms with Crippen molar-refractivity contribution in [1.82, 2.24) is 9.97 Å². The zero-order valence-electron chi connectivity index (χ0n) is 14.1. The van der Waals surface area contributed by atoms with Crippen LogP contribution >= 0.6 is 77.2 Å². The lowest BCUT2D eigenvalue weighted by atomic mass is 10.3. The highest BCUT2D eigenvalue weighted by Crippen LogP contribution is 2.40. The summed E-state index contributed by atoms with van der Waals surface area (Å²) in [6, 6.07) is 17.0. The molecule has 0 aliphatic carbocycles. The molecule has 138 valence electrons. The Kier molecular flexibility index (Phi) is 5.34. The quantitative estimate of drug-likeness (QED) is 0.217. The molecule has 0 saturated heterocycles. The van der Waals surface area contributed by atoms with Crippen LogP contribution in [0.3, 0.4) is 0 Å². The Morgan fingerprint density at radius 3 is 1.32 bits per heavy atom. The van der Waals surface area contributed by atoms with Crippen molar-refractivity contribution in [3.05, 3.63) is 68.5 Å². The second-order valence-electron chi connectivity index (χ2n) is 5.82. The first-order valence-electron chi connectivity index (χ1n) is 8.19. The van der Waals surface area contributed by atoms with Gasteiger partial charge in [0.15, 0.2) is 0 Å². The maximum absolute atomic E-state index is 4.88. The van der Waals surface area contributed by atoms with E-state index in [1.54, 1.807) is 45.3 Å². The Morgan fingerprint density at radius 1 is 0.500 bits per heavy atom. The number of hydrogen-bond acceptors (Lipinski definition) is 6. The Bertz CT molecular complexity index is 1170. The van der Waals surface area contributed by atoms with Crippen LogP contribution < -0.4 is 0 Å². The summed E-state index contributed by atoms with van der Waals surface area (Å²) in [5, 5.41) is 0. The van der Waals surface area contributed by atoms with Crippen molar-refractivity contribution in [2.75, 3.05) is 0 Å². The molecule has 28 heavy (non-hydrogen) atoms. The minimum Gasteiger partial charge on any atom is -0.260 e. The van der Waals surface area contributed by atoms with Crippen molar-refractivity contribution < 1.29 is 0 Å². The van der Waals surface area contributed by atoms with Crippen molar-refractivity contribution in [3.63, 3.8) is 0 Å². The second kappa shape index (κ2) is 7.93. The van der Waals surface area contributed by atoms with Gasteiger partial charge >= 0.3 is 0 Å². The van der Waals surface area contributed by atoms with E-state index in [-0.39, 0.29) is 0 Å². The fourth-order valence-corrected chi connectivity index (χ4v) is 7.59. The van der Waals surface area contributed by atoms with Crippen LogP contribution in [0.4, 0.5) is 0 Å². The summed E-state index contributed by atoms with van der Waals surface area (Å²) in [5.74, 6) is 0. The summed E-state index contributed by atoms with van der Waals surface area (Å²) in [5.41, 5.74) is 1.83. The van der Waals surface area contributed by atoms with Crippen molar-refractivity contribution in [2.45, 2.75) is 0 Å². The fourth-order valence-electron chi connectivity index (χ4n) is 2.71. The molecule has 0 aliphatic heterocycles. The monoisotopic (exact) mass is 564 g/mol. The molecule has 0 aliphatic rings. The normalized spacial score (nSPS) is 11.2. The third kappa shape index (κ3) is 3.81. The highest BCUT2D eigenvalue weighted by molar-refractivity contribution is 9.11. The second-order valence-corrected chi connectivity index (χ2v) is 12.9. The Morgan fingerprint density at radius 2 is 0.893 bits per heavy atom. The molecule has 5 heterocycles. The zero-order chi connectivity index (χ0) is 19.1. The van der Waals surface area contributed by atoms with Gasteiger partial charge in [-0.25, -0.2) is 4.98 Å². The molecule has 8 heteroatoms. The number of halogens is 2. The van der Waals surface area contributed by atoms with Gasteiger partial charge in [-0.05, 0) is 80.4 Å². The predicted molar refractivity (Wildman–Crippen MR) is 131 cm³/mol. The third-order valence-electron chi connectivity index (χ3n) is 3.98. The van der Waals surface area contributed by atoms with Crippen LogP contribution in [0.15, 0.2) is 68.5 Å². The summed E-state index contributed by atoms with van der Waals surface area (Å²) in [6.45, 7) is 0. The average Bonchev–Trinajstić information content (AvgIpc) is 3.48. The number of rotatable bonds is 4. The molecule has 0 bridgehead atoms. The zero-order valence-corrected chi connectivity index (χ0v) is 20.5. The van der Waals surface area contributed by atoms with E-state index in [0.717, 1.165) is 28.7 Å². The minimum atomic E-state index is 0.915. The molecule has 2 nitrogen and oxygen atoms in total. The van der Waals surface area contributed by atoms with Gasteiger partial charge in [0.1, 0.15) is 0 Å². The Balaban J connectivity index is 1.46. The summed E-state index contributed by atoms with van der Waals surface area (Å²) >= 11 is 14.1. The summed E-state index contributed by atoms with van der Waals surface area (Å²) < 4.78 is 2.29. The van der Waals surface area contributed by atoms with Gasteiger partial charge < -0.3 is 0 Å². The highest BCUT2D eigenvalue weighted by atomic mass is 79.9. The first-order valence-corrected chi connectivity index (χ1v) is 13.0. The van der Waals surface area contributed by atoms with Crippen LogP contribution in [0.2, 0.25) is 0 Å². The molecule has 0 saturated carbocycles. The molecule has 5 rings (SSSR count). The lowest BCUT2D eigenvalue weighted by Crippen LogP contribution is -1.86. The molecule has 5 aromatic rings. The molecule has 0 spiro atoms. The van der Waals surface area contributed by atoms with Gasteiger partial charge in [-0.1, -0.05) is 0 Å². The van der Waals surface area contributed by atoms with Crippen LogP contribution in [-0.4, -0.2) is 9.97 Å². The first kappa shape index (κ1) is 18.8. The lowest BCUT2D eigenvalue weighted by molar-refractivity contribution is 1.22. The molecular formula is C20H10Br2N2S4. The van der Waals surface area contributed by atoms with E-state index in [1.165, 1.54) is 19.5 Å². The van der Waals surface area contributed by atoms with Gasteiger partial charge in [0.2, 0.25) is 0 Å². The van der Waals surface area contributed by atoms with Crippen LogP contribution in [0.1, 0.15) is 0 Å². The highest BCUT2D eigenvalue weighted by Gasteiger charge is 2.12. The maximum Gasteiger partial charge on any atom is 0.0992 e.